The molecular formula is C19H12Cl2N4O. The normalized spacial score (nSPS) is 11.5. The van der Waals surface area contributed by atoms with Crippen LogP contribution in [0, 0.1) is 0 Å². The van der Waals surface area contributed by atoms with Gasteiger partial charge in [-0.2, -0.15) is 10.2 Å². The lowest BCUT2D eigenvalue weighted by molar-refractivity contribution is 0.987. The van der Waals surface area contributed by atoms with Crippen molar-refractivity contribution in [2.24, 2.45) is 5.10 Å². The highest BCUT2D eigenvalue weighted by Gasteiger charge is 2.11. The van der Waals surface area contributed by atoms with Crippen LogP contribution in [0.25, 0.3) is 21.5 Å². The highest BCUT2D eigenvalue weighted by Crippen LogP contribution is 2.35. The van der Waals surface area contributed by atoms with Gasteiger partial charge in [0, 0.05) is 16.3 Å². The molecular weight excluding hydrogens is 371 g/mol. The van der Waals surface area contributed by atoms with E-state index in [4.69, 9.17) is 23.2 Å². The van der Waals surface area contributed by atoms with E-state index in [0.717, 1.165) is 27.1 Å². The number of hydrogen-bond acceptors (Lipinski definition) is 4. The molecule has 0 atom stereocenters. The van der Waals surface area contributed by atoms with Gasteiger partial charge in [0.05, 0.1) is 17.4 Å². The Hall–Kier alpha value is -2.89. The lowest BCUT2D eigenvalue weighted by Crippen LogP contribution is -2.10. The smallest absolute Gasteiger partial charge is 0.275 e. The van der Waals surface area contributed by atoms with Crippen LogP contribution in [-0.2, 0) is 0 Å². The highest BCUT2D eigenvalue weighted by atomic mass is 35.5. The molecule has 0 spiro atoms. The Morgan fingerprint density at radius 2 is 1.50 bits per heavy atom. The van der Waals surface area contributed by atoms with E-state index in [9.17, 15) is 4.79 Å². The molecule has 3 aromatic carbocycles. The summed E-state index contributed by atoms with van der Waals surface area (Å²) in [5.74, 6) is 0. The van der Waals surface area contributed by atoms with Crippen molar-refractivity contribution >= 4 is 56.6 Å². The number of rotatable bonds is 3. The lowest BCUT2D eigenvalue weighted by atomic mass is 9.97. The van der Waals surface area contributed by atoms with E-state index in [1.54, 1.807) is 6.21 Å². The summed E-state index contributed by atoms with van der Waals surface area (Å²) in [6.07, 6.45) is 3.09. The van der Waals surface area contributed by atoms with Crippen molar-refractivity contribution in [1.82, 2.24) is 10.2 Å². The minimum atomic E-state index is -0.478. The molecule has 26 heavy (non-hydrogen) atoms. The van der Waals surface area contributed by atoms with E-state index in [-0.39, 0.29) is 5.02 Å². The number of nitrogens with one attached hydrogen (secondary N) is 2. The average Bonchev–Trinajstić information content (AvgIpc) is 2.68. The van der Waals surface area contributed by atoms with Crippen molar-refractivity contribution in [3.8, 4) is 0 Å². The number of aromatic amines is 1. The number of benzene rings is 3. The zero-order valence-electron chi connectivity index (χ0n) is 13.3. The molecule has 0 aliphatic carbocycles. The third kappa shape index (κ3) is 2.81. The third-order valence-corrected chi connectivity index (χ3v) is 4.86. The van der Waals surface area contributed by atoms with Crippen LogP contribution >= 0.6 is 23.2 Å². The molecule has 7 heteroatoms. The standard InChI is InChI=1S/C19H12Cl2N4O/c20-17-13-7-3-1-5-11(13)15(12-6-2-4-8-14(12)17)9-22-24-16-10-23-25-19(26)18(16)21/h1-10H,(H2,24,25,26)/b22-9-. The molecule has 2 N–H and O–H groups in total. The Morgan fingerprint density at radius 3 is 2.12 bits per heavy atom. The summed E-state index contributed by atoms with van der Waals surface area (Å²) in [5.41, 5.74) is 3.54. The minimum Gasteiger partial charge on any atom is -0.275 e. The molecule has 4 rings (SSSR count). The molecule has 5 nitrogen and oxygen atoms in total. The van der Waals surface area contributed by atoms with Gasteiger partial charge in [0.25, 0.3) is 5.56 Å². The maximum absolute atomic E-state index is 11.5. The summed E-state index contributed by atoms with van der Waals surface area (Å²) in [5, 5.41) is 14.8. The summed E-state index contributed by atoms with van der Waals surface area (Å²) in [6.45, 7) is 0. The van der Waals surface area contributed by atoms with E-state index in [2.05, 4.69) is 20.7 Å². The molecule has 0 saturated heterocycles. The number of halogens is 2. The van der Waals surface area contributed by atoms with Gasteiger partial charge in [-0.05, 0) is 10.8 Å². The van der Waals surface area contributed by atoms with Gasteiger partial charge in [0.2, 0.25) is 0 Å². The quantitative estimate of drug-likeness (QED) is 0.303. The second-order valence-electron chi connectivity index (χ2n) is 5.62. The molecule has 128 valence electrons. The molecule has 0 aliphatic heterocycles. The van der Waals surface area contributed by atoms with Crippen molar-refractivity contribution in [1.29, 1.82) is 0 Å². The van der Waals surface area contributed by atoms with Gasteiger partial charge >= 0.3 is 0 Å². The number of anilines is 1. The van der Waals surface area contributed by atoms with Crippen LogP contribution in [0.15, 0.2) is 64.6 Å². The maximum Gasteiger partial charge on any atom is 0.285 e. The molecule has 0 aliphatic rings. The zero-order chi connectivity index (χ0) is 18.1. The van der Waals surface area contributed by atoms with Crippen LogP contribution in [0.2, 0.25) is 10.0 Å². The first-order valence-corrected chi connectivity index (χ1v) is 8.53. The van der Waals surface area contributed by atoms with Crippen LogP contribution in [0.5, 0.6) is 0 Å². The number of fused-ring (bicyclic) bond motifs is 2. The molecule has 1 aromatic heterocycles. The Balaban J connectivity index is 1.86. The monoisotopic (exact) mass is 382 g/mol. The fraction of sp³-hybridized carbons (Fsp3) is 0. The SMILES string of the molecule is O=c1[nH]ncc(N/N=C\c2c3ccccc3c(Cl)c3ccccc23)c1Cl. The Morgan fingerprint density at radius 1 is 0.923 bits per heavy atom. The number of hydrazone groups is 1. The van der Waals surface area contributed by atoms with Crippen LogP contribution in [-0.4, -0.2) is 16.4 Å². The van der Waals surface area contributed by atoms with Crippen LogP contribution in [0.4, 0.5) is 5.69 Å². The van der Waals surface area contributed by atoms with Gasteiger partial charge in [-0.15, -0.1) is 0 Å². The summed E-state index contributed by atoms with van der Waals surface area (Å²) in [6, 6.07) is 15.8. The number of aromatic nitrogens is 2. The van der Waals surface area contributed by atoms with E-state index in [0.29, 0.717) is 10.7 Å². The van der Waals surface area contributed by atoms with E-state index in [1.807, 2.05) is 48.5 Å². The largest absolute Gasteiger partial charge is 0.285 e. The number of nitrogens with zero attached hydrogens (tertiary/aromatic N) is 2. The Bertz CT molecular complexity index is 1160. The van der Waals surface area contributed by atoms with Crippen LogP contribution in [0.3, 0.4) is 0 Å². The first-order chi connectivity index (χ1) is 12.7. The summed E-state index contributed by atoms with van der Waals surface area (Å²) >= 11 is 12.5. The van der Waals surface area contributed by atoms with Crippen molar-refractivity contribution in [2.75, 3.05) is 5.43 Å². The molecule has 0 unspecified atom stereocenters. The van der Waals surface area contributed by atoms with Crippen LogP contribution in [0.1, 0.15) is 5.56 Å². The fourth-order valence-electron chi connectivity index (χ4n) is 2.88. The summed E-state index contributed by atoms with van der Waals surface area (Å²) in [7, 11) is 0. The molecule has 1 heterocycles. The molecule has 4 aromatic rings. The van der Waals surface area contributed by atoms with E-state index in [1.165, 1.54) is 6.20 Å². The molecule has 0 radical (unpaired) electrons. The first kappa shape index (κ1) is 16.6. The third-order valence-electron chi connectivity index (χ3n) is 4.08. The van der Waals surface area contributed by atoms with E-state index < -0.39 is 5.56 Å². The van der Waals surface area contributed by atoms with Gasteiger partial charge in [-0.1, -0.05) is 71.7 Å². The molecule has 0 saturated carbocycles. The van der Waals surface area contributed by atoms with E-state index >= 15 is 0 Å². The highest BCUT2D eigenvalue weighted by molar-refractivity contribution is 6.42. The predicted molar refractivity (Wildman–Crippen MR) is 108 cm³/mol. The van der Waals surface area contributed by atoms with Gasteiger partial charge in [-0.3, -0.25) is 10.2 Å². The molecule has 0 bridgehead atoms. The zero-order valence-corrected chi connectivity index (χ0v) is 14.8. The van der Waals surface area contributed by atoms with Gasteiger partial charge in [-0.25, -0.2) is 5.10 Å². The topological polar surface area (TPSA) is 70.1 Å². The van der Waals surface area contributed by atoms with Gasteiger partial charge in [0.15, 0.2) is 0 Å². The Labute approximate surface area is 158 Å². The predicted octanol–water partition coefficient (Wildman–Crippen LogP) is 4.83. The minimum absolute atomic E-state index is 0.00275. The Kier molecular flexibility index (Phi) is 4.32. The fourth-order valence-corrected chi connectivity index (χ4v) is 3.34. The van der Waals surface area contributed by atoms with Crippen molar-refractivity contribution < 1.29 is 0 Å². The second kappa shape index (κ2) is 6.78. The number of hydrogen-bond donors (Lipinski definition) is 2. The maximum atomic E-state index is 11.5. The van der Waals surface area contributed by atoms with Gasteiger partial charge < -0.3 is 0 Å². The summed E-state index contributed by atoms with van der Waals surface area (Å²) in [4.78, 5) is 11.5. The van der Waals surface area contributed by atoms with Crippen LogP contribution < -0.4 is 11.0 Å². The van der Waals surface area contributed by atoms with Crippen molar-refractivity contribution in [3.63, 3.8) is 0 Å². The van der Waals surface area contributed by atoms with Crippen molar-refractivity contribution in [3.05, 3.63) is 80.7 Å². The first-order valence-electron chi connectivity index (χ1n) is 7.78. The number of H-pyrrole nitrogens is 1. The van der Waals surface area contributed by atoms with Gasteiger partial charge in [0.1, 0.15) is 10.7 Å². The summed E-state index contributed by atoms with van der Waals surface area (Å²) < 4.78 is 0. The van der Waals surface area contributed by atoms with Crippen molar-refractivity contribution in [2.45, 2.75) is 0 Å². The molecule has 0 amide bonds. The average molecular weight is 383 g/mol. The lowest BCUT2D eigenvalue weighted by Gasteiger charge is -2.10. The molecule has 0 fully saturated rings. The second-order valence-corrected chi connectivity index (χ2v) is 6.37.